The van der Waals surface area contributed by atoms with Crippen LogP contribution in [0.5, 0.6) is 0 Å². The van der Waals surface area contributed by atoms with Gasteiger partial charge in [-0.2, -0.15) is 0 Å². The summed E-state index contributed by atoms with van der Waals surface area (Å²) in [5.41, 5.74) is 0.548. The summed E-state index contributed by atoms with van der Waals surface area (Å²) in [4.78, 5) is 7.77. The zero-order valence-electron chi connectivity index (χ0n) is 17.1. The number of hydrogen-bond acceptors (Lipinski definition) is 6. The first-order valence-electron chi connectivity index (χ1n) is 9.05. The lowest BCUT2D eigenvalue weighted by Crippen LogP contribution is -2.26. The van der Waals surface area contributed by atoms with Crippen molar-refractivity contribution in [3.63, 3.8) is 0 Å². The highest BCUT2D eigenvalue weighted by molar-refractivity contribution is 7.91. The van der Waals surface area contributed by atoms with Gasteiger partial charge in [0.1, 0.15) is 0 Å². The SMILES string of the molecule is COCCn1c(CN(C)[C@@H](C)c2cccs2)cnc1S(=O)(=O)CC(C)(C)C. The van der Waals surface area contributed by atoms with E-state index in [9.17, 15) is 8.42 Å². The average Bonchev–Trinajstić information content (AvgIpc) is 3.20. The van der Waals surface area contributed by atoms with Crippen LogP contribution >= 0.6 is 11.3 Å². The Morgan fingerprint density at radius 3 is 2.63 bits per heavy atom. The van der Waals surface area contributed by atoms with Crippen molar-refractivity contribution in [2.45, 2.75) is 52.0 Å². The number of thiophene rings is 1. The highest BCUT2D eigenvalue weighted by Crippen LogP contribution is 2.26. The van der Waals surface area contributed by atoms with Gasteiger partial charge in [-0.1, -0.05) is 26.8 Å². The maximum absolute atomic E-state index is 12.9. The van der Waals surface area contributed by atoms with Crippen molar-refractivity contribution >= 4 is 21.2 Å². The standard InChI is InChI=1S/C19H31N3O3S2/c1-15(17-8-7-11-26-17)21(5)13-16-12-20-18(22(16)9-10-25-6)27(23,24)14-19(2,3)4/h7-8,11-12,15H,9-10,13-14H2,1-6H3/t15-/m0/s1. The molecule has 2 aromatic rings. The van der Waals surface area contributed by atoms with E-state index in [4.69, 9.17) is 4.74 Å². The van der Waals surface area contributed by atoms with Gasteiger partial charge in [-0.05, 0) is 30.8 Å². The maximum Gasteiger partial charge on any atom is 0.227 e. The molecule has 0 fully saturated rings. The van der Waals surface area contributed by atoms with Crippen molar-refractivity contribution in [3.8, 4) is 0 Å². The molecule has 0 amide bonds. The quantitative estimate of drug-likeness (QED) is 0.628. The number of nitrogens with zero attached hydrogens (tertiary/aromatic N) is 3. The van der Waals surface area contributed by atoms with Gasteiger partial charge in [0.2, 0.25) is 15.0 Å². The number of methoxy groups -OCH3 is 1. The van der Waals surface area contributed by atoms with Gasteiger partial charge in [-0.3, -0.25) is 4.90 Å². The van der Waals surface area contributed by atoms with Gasteiger partial charge in [0, 0.05) is 31.1 Å². The van der Waals surface area contributed by atoms with Crippen LogP contribution in [-0.4, -0.2) is 49.4 Å². The van der Waals surface area contributed by atoms with Crippen molar-refractivity contribution in [3.05, 3.63) is 34.3 Å². The van der Waals surface area contributed by atoms with Crippen molar-refractivity contribution in [2.75, 3.05) is 26.5 Å². The first-order chi connectivity index (χ1) is 12.5. The molecule has 1 atom stereocenters. The third-order valence-electron chi connectivity index (χ3n) is 4.35. The molecule has 0 aliphatic rings. The second-order valence-electron chi connectivity index (χ2n) is 8.10. The smallest absolute Gasteiger partial charge is 0.227 e. The minimum absolute atomic E-state index is 0.0604. The highest BCUT2D eigenvalue weighted by atomic mass is 32.2. The first-order valence-corrected chi connectivity index (χ1v) is 11.6. The Morgan fingerprint density at radius 2 is 2.07 bits per heavy atom. The molecule has 0 N–H and O–H groups in total. The van der Waals surface area contributed by atoms with Crippen molar-refractivity contribution < 1.29 is 13.2 Å². The molecule has 0 aromatic carbocycles. The number of rotatable bonds is 9. The van der Waals surface area contributed by atoms with Crippen LogP contribution in [0, 0.1) is 5.41 Å². The molecule has 2 rings (SSSR count). The van der Waals surface area contributed by atoms with Gasteiger partial charge in [0.15, 0.2) is 0 Å². The fraction of sp³-hybridized carbons (Fsp3) is 0.632. The van der Waals surface area contributed by atoms with Crippen LogP contribution in [0.15, 0.2) is 28.9 Å². The fourth-order valence-corrected chi connectivity index (χ4v) is 5.84. The Morgan fingerprint density at radius 1 is 1.37 bits per heavy atom. The molecule has 152 valence electrons. The van der Waals surface area contributed by atoms with Crippen LogP contribution in [0.3, 0.4) is 0 Å². The van der Waals surface area contributed by atoms with Gasteiger partial charge in [-0.25, -0.2) is 13.4 Å². The van der Waals surface area contributed by atoms with Crippen LogP contribution in [0.25, 0.3) is 0 Å². The number of ether oxygens (including phenoxy) is 1. The van der Waals surface area contributed by atoms with E-state index < -0.39 is 9.84 Å². The third kappa shape index (κ3) is 5.88. The zero-order valence-corrected chi connectivity index (χ0v) is 18.7. The lowest BCUT2D eigenvalue weighted by molar-refractivity contribution is 0.180. The number of hydrogen-bond donors (Lipinski definition) is 0. The number of imidazole rings is 1. The molecule has 0 spiro atoms. The predicted octanol–water partition coefficient (Wildman–Crippen LogP) is 3.60. The topological polar surface area (TPSA) is 64.4 Å². The van der Waals surface area contributed by atoms with Gasteiger partial charge < -0.3 is 9.30 Å². The molecule has 0 aliphatic heterocycles. The maximum atomic E-state index is 12.9. The fourth-order valence-electron chi connectivity index (χ4n) is 2.96. The Bertz CT molecular complexity index is 821. The van der Waals surface area contributed by atoms with E-state index in [-0.39, 0.29) is 22.4 Å². The largest absolute Gasteiger partial charge is 0.383 e. The Kier molecular flexibility index (Phi) is 7.24. The summed E-state index contributed by atoms with van der Waals surface area (Å²) in [6, 6.07) is 4.41. The van der Waals surface area contributed by atoms with Gasteiger partial charge in [-0.15, -0.1) is 11.3 Å². The van der Waals surface area contributed by atoms with Gasteiger partial charge >= 0.3 is 0 Å². The monoisotopic (exact) mass is 413 g/mol. The number of aromatic nitrogens is 2. The molecule has 27 heavy (non-hydrogen) atoms. The second kappa shape index (κ2) is 8.86. The predicted molar refractivity (Wildman–Crippen MR) is 110 cm³/mol. The molecular weight excluding hydrogens is 382 g/mol. The van der Waals surface area contributed by atoms with Crippen LogP contribution in [0.2, 0.25) is 0 Å². The summed E-state index contributed by atoms with van der Waals surface area (Å²) in [7, 11) is 0.181. The summed E-state index contributed by atoms with van der Waals surface area (Å²) in [5, 5.41) is 2.21. The van der Waals surface area contributed by atoms with Gasteiger partial charge in [0.25, 0.3) is 0 Å². The van der Waals surface area contributed by atoms with E-state index in [1.165, 1.54) is 4.88 Å². The van der Waals surface area contributed by atoms with Crippen LogP contribution in [0.4, 0.5) is 0 Å². The lowest BCUT2D eigenvalue weighted by Gasteiger charge is -2.24. The van der Waals surface area contributed by atoms with E-state index in [0.717, 1.165) is 5.69 Å². The summed E-state index contributed by atoms with van der Waals surface area (Å²) in [5.74, 6) is 0.0604. The van der Waals surface area contributed by atoms with Crippen molar-refractivity contribution in [2.24, 2.45) is 5.41 Å². The number of sulfone groups is 1. The van der Waals surface area contributed by atoms with Crippen LogP contribution in [-0.2, 0) is 27.7 Å². The van der Waals surface area contributed by atoms with Gasteiger partial charge in [0.05, 0.1) is 24.3 Å². The van der Waals surface area contributed by atoms with Crippen LogP contribution in [0.1, 0.15) is 44.3 Å². The second-order valence-corrected chi connectivity index (χ2v) is 11.0. The normalized spacial score (nSPS) is 14.0. The van der Waals surface area contributed by atoms with E-state index in [0.29, 0.717) is 19.7 Å². The Balaban J connectivity index is 2.30. The van der Waals surface area contributed by atoms with Crippen molar-refractivity contribution in [1.29, 1.82) is 0 Å². The molecule has 0 aliphatic carbocycles. The summed E-state index contributed by atoms with van der Waals surface area (Å²) >= 11 is 1.72. The molecule has 2 aromatic heterocycles. The Labute approximate surface area is 167 Å². The molecule has 0 radical (unpaired) electrons. The first kappa shape index (κ1) is 22.1. The molecule has 0 saturated heterocycles. The molecule has 0 bridgehead atoms. The molecule has 0 saturated carbocycles. The molecule has 8 heteroatoms. The molecule has 0 unspecified atom stereocenters. The molecule has 6 nitrogen and oxygen atoms in total. The summed E-state index contributed by atoms with van der Waals surface area (Å²) in [6.45, 7) is 9.43. The highest BCUT2D eigenvalue weighted by Gasteiger charge is 2.29. The minimum atomic E-state index is -3.48. The van der Waals surface area contributed by atoms with Crippen molar-refractivity contribution in [1.82, 2.24) is 14.5 Å². The summed E-state index contributed by atoms with van der Waals surface area (Å²) < 4.78 is 32.8. The third-order valence-corrected chi connectivity index (χ3v) is 7.52. The van der Waals surface area contributed by atoms with E-state index in [2.05, 4.69) is 28.3 Å². The van der Waals surface area contributed by atoms with E-state index in [1.807, 2.05) is 33.9 Å². The Hall–Kier alpha value is -1.22. The van der Waals surface area contributed by atoms with E-state index in [1.54, 1.807) is 29.2 Å². The summed E-state index contributed by atoms with van der Waals surface area (Å²) in [6.07, 6.45) is 1.68. The molecular formula is C19H31N3O3S2. The lowest BCUT2D eigenvalue weighted by atomic mass is 10.0. The molecule has 2 heterocycles. The zero-order chi connectivity index (χ0) is 20.2. The van der Waals surface area contributed by atoms with Crippen LogP contribution < -0.4 is 0 Å². The van der Waals surface area contributed by atoms with E-state index >= 15 is 0 Å². The minimum Gasteiger partial charge on any atom is -0.383 e. The average molecular weight is 414 g/mol.